The summed E-state index contributed by atoms with van der Waals surface area (Å²) in [6, 6.07) is 8.23. The highest BCUT2D eigenvalue weighted by atomic mass is 16.5. The number of hydrogen-bond acceptors (Lipinski definition) is 3. The molecule has 3 nitrogen and oxygen atoms in total. The van der Waals surface area contributed by atoms with Gasteiger partial charge in [0, 0.05) is 19.3 Å². The van der Waals surface area contributed by atoms with Crippen LogP contribution in [-0.4, -0.2) is 26.2 Å². The van der Waals surface area contributed by atoms with Gasteiger partial charge in [-0.25, -0.2) is 0 Å². The fourth-order valence-corrected chi connectivity index (χ4v) is 2.56. The lowest BCUT2D eigenvalue weighted by Crippen LogP contribution is -2.45. The molecule has 1 aromatic rings. The third kappa shape index (κ3) is 2.14. The fraction of sp³-hybridized carbons (Fsp3) is 0.500. The van der Waals surface area contributed by atoms with E-state index >= 15 is 0 Å². The molecule has 2 rings (SSSR count). The van der Waals surface area contributed by atoms with E-state index in [0.29, 0.717) is 13.2 Å². The molecule has 1 unspecified atom stereocenters. The first-order valence-corrected chi connectivity index (χ1v) is 6.03. The molecule has 0 aromatic heterocycles. The van der Waals surface area contributed by atoms with Gasteiger partial charge in [-0.2, -0.15) is 0 Å². The second kappa shape index (κ2) is 4.40. The molecule has 0 amide bonds. The summed E-state index contributed by atoms with van der Waals surface area (Å²) in [7, 11) is 2.02. The van der Waals surface area contributed by atoms with E-state index in [1.54, 1.807) is 0 Å². The van der Waals surface area contributed by atoms with E-state index in [9.17, 15) is 4.79 Å². The topological polar surface area (TPSA) is 29.5 Å². The average molecular weight is 233 g/mol. The van der Waals surface area contributed by atoms with Gasteiger partial charge in [0.05, 0.1) is 12.0 Å². The molecule has 1 aromatic carbocycles. The van der Waals surface area contributed by atoms with Crippen molar-refractivity contribution in [2.24, 2.45) is 5.41 Å². The van der Waals surface area contributed by atoms with Crippen LogP contribution in [0.3, 0.4) is 0 Å². The molecule has 92 valence electrons. The predicted molar refractivity (Wildman–Crippen MR) is 68.2 cm³/mol. The third-order valence-corrected chi connectivity index (χ3v) is 3.34. The molecular formula is C14H19NO2. The second-order valence-electron chi connectivity index (χ2n) is 4.94. The second-order valence-corrected chi connectivity index (χ2v) is 4.94. The van der Waals surface area contributed by atoms with Gasteiger partial charge in [-0.05, 0) is 31.9 Å². The van der Waals surface area contributed by atoms with Crippen molar-refractivity contribution in [3.05, 3.63) is 29.8 Å². The van der Waals surface area contributed by atoms with Gasteiger partial charge in [0.2, 0.25) is 0 Å². The van der Waals surface area contributed by atoms with E-state index in [-0.39, 0.29) is 5.97 Å². The number of hydrogen-bond donors (Lipinski definition) is 0. The number of nitrogens with zero attached hydrogens (tertiary/aromatic N) is 1. The van der Waals surface area contributed by atoms with E-state index in [2.05, 4.69) is 17.0 Å². The highest BCUT2D eigenvalue weighted by molar-refractivity contribution is 5.79. The molecular weight excluding hydrogens is 214 g/mol. The number of benzene rings is 1. The van der Waals surface area contributed by atoms with E-state index < -0.39 is 5.41 Å². The van der Waals surface area contributed by atoms with Crippen LogP contribution in [0.1, 0.15) is 19.4 Å². The molecule has 1 atom stereocenters. The maximum absolute atomic E-state index is 12.0. The van der Waals surface area contributed by atoms with Gasteiger partial charge in [-0.3, -0.25) is 4.79 Å². The zero-order valence-electron chi connectivity index (χ0n) is 10.7. The zero-order chi connectivity index (χ0) is 12.5. The van der Waals surface area contributed by atoms with Crippen molar-refractivity contribution in [2.75, 3.05) is 25.1 Å². The average Bonchev–Trinajstić information content (AvgIpc) is 2.29. The Kier molecular flexibility index (Phi) is 3.09. The lowest BCUT2D eigenvalue weighted by molar-refractivity contribution is -0.154. The largest absolute Gasteiger partial charge is 0.466 e. The van der Waals surface area contributed by atoms with Crippen molar-refractivity contribution < 1.29 is 9.53 Å². The van der Waals surface area contributed by atoms with Crippen LogP contribution in [0.5, 0.6) is 0 Å². The molecule has 0 fully saturated rings. The van der Waals surface area contributed by atoms with Gasteiger partial charge in [-0.1, -0.05) is 18.2 Å². The quantitative estimate of drug-likeness (QED) is 0.734. The Labute approximate surface area is 102 Å². The van der Waals surface area contributed by atoms with Crippen LogP contribution in [0.25, 0.3) is 0 Å². The number of ether oxygens (including phenoxy) is 1. The van der Waals surface area contributed by atoms with Gasteiger partial charge >= 0.3 is 5.97 Å². The van der Waals surface area contributed by atoms with Crippen molar-refractivity contribution >= 4 is 11.7 Å². The van der Waals surface area contributed by atoms with Crippen molar-refractivity contribution in [1.29, 1.82) is 0 Å². The van der Waals surface area contributed by atoms with Crippen LogP contribution < -0.4 is 4.90 Å². The van der Waals surface area contributed by atoms with Crippen molar-refractivity contribution in [3.63, 3.8) is 0 Å². The monoisotopic (exact) mass is 233 g/mol. The molecule has 0 N–H and O–H groups in total. The zero-order valence-corrected chi connectivity index (χ0v) is 10.7. The van der Waals surface area contributed by atoms with Gasteiger partial charge in [-0.15, -0.1) is 0 Å². The number of carbonyl (C=O) groups is 1. The molecule has 1 heterocycles. The summed E-state index contributed by atoms with van der Waals surface area (Å²) < 4.78 is 5.18. The van der Waals surface area contributed by atoms with Crippen LogP contribution in [-0.2, 0) is 16.0 Å². The van der Waals surface area contributed by atoms with E-state index in [1.807, 2.05) is 33.0 Å². The molecule has 0 spiro atoms. The first-order valence-electron chi connectivity index (χ1n) is 6.03. The van der Waals surface area contributed by atoms with Crippen molar-refractivity contribution in [1.82, 2.24) is 0 Å². The number of rotatable bonds is 2. The van der Waals surface area contributed by atoms with Crippen molar-refractivity contribution in [2.45, 2.75) is 20.3 Å². The molecule has 1 aliphatic rings. The van der Waals surface area contributed by atoms with Crippen LogP contribution in [0.2, 0.25) is 0 Å². The van der Waals surface area contributed by atoms with Crippen LogP contribution >= 0.6 is 0 Å². The fourth-order valence-electron chi connectivity index (χ4n) is 2.56. The normalized spacial score (nSPS) is 23.1. The van der Waals surface area contributed by atoms with Crippen LogP contribution in [0.4, 0.5) is 5.69 Å². The smallest absolute Gasteiger partial charge is 0.313 e. The Hall–Kier alpha value is -1.51. The third-order valence-electron chi connectivity index (χ3n) is 3.34. The lowest BCUT2D eigenvalue weighted by Gasteiger charge is -2.39. The summed E-state index contributed by atoms with van der Waals surface area (Å²) in [5.74, 6) is -0.0960. The van der Waals surface area contributed by atoms with E-state index in [0.717, 1.165) is 6.42 Å². The summed E-state index contributed by atoms with van der Waals surface area (Å²) in [5.41, 5.74) is 2.00. The van der Waals surface area contributed by atoms with Gasteiger partial charge in [0.25, 0.3) is 0 Å². The molecule has 0 saturated heterocycles. The molecule has 3 heteroatoms. The summed E-state index contributed by atoms with van der Waals surface area (Å²) >= 11 is 0. The molecule has 17 heavy (non-hydrogen) atoms. The summed E-state index contributed by atoms with van der Waals surface area (Å²) in [4.78, 5) is 14.2. The molecule has 0 bridgehead atoms. The number of para-hydroxylation sites is 1. The maximum Gasteiger partial charge on any atom is 0.313 e. The Morgan fingerprint density at radius 3 is 2.88 bits per heavy atom. The number of carbonyl (C=O) groups excluding carboxylic acids is 1. The summed E-state index contributed by atoms with van der Waals surface area (Å²) in [6.45, 7) is 4.99. The molecule has 0 radical (unpaired) electrons. The van der Waals surface area contributed by atoms with Crippen molar-refractivity contribution in [3.8, 4) is 0 Å². The summed E-state index contributed by atoms with van der Waals surface area (Å²) in [5, 5.41) is 0. The van der Waals surface area contributed by atoms with Gasteiger partial charge in [0.15, 0.2) is 0 Å². The van der Waals surface area contributed by atoms with Gasteiger partial charge in [0.1, 0.15) is 0 Å². The minimum atomic E-state index is -0.431. The molecule has 0 saturated carbocycles. The van der Waals surface area contributed by atoms with E-state index in [4.69, 9.17) is 4.74 Å². The van der Waals surface area contributed by atoms with Gasteiger partial charge < -0.3 is 9.64 Å². The minimum absolute atomic E-state index is 0.0960. The minimum Gasteiger partial charge on any atom is -0.466 e. The Morgan fingerprint density at radius 2 is 2.18 bits per heavy atom. The Bertz CT molecular complexity index is 430. The standard InChI is InChI=1S/C14H19NO2/c1-4-17-13(16)14(2)9-11-7-5-6-8-12(11)15(3)10-14/h5-8H,4,9-10H2,1-3H3. The molecule has 1 aliphatic heterocycles. The first-order chi connectivity index (χ1) is 8.07. The van der Waals surface area contributed by atoms with E-state index in [1.165, 1.54) is 11.3 Å². The highest BCUT2D eigenvalue weighted by Crippen LogP contribution is 2.36. The molecule has 0 aliphatic carbocycles. The lowest BCUT2D eigenvalue weighted by atomic mass is 9.79. The SMILES string of the molecule is CCOC(=O)C1(C)Cc2ccccc2N(C)C1. The number of esters is 1. The predicted octanol–water partition coefficient (Wildman–Crippen LogP) is 2.25. The Balaban J connectivity index is 2.29. The summed E-state index contributed by atoms with van der Waals surface area (Å²) in [6.07, 6.45) is 0.756. The number of fused-ring (bicyclic) bond motifs is 1. The first kappa shape index (κ1) is 12.0. The number of anilines is 1. The van der Waals surface area contributed by atoms with Crippen LogP contribution in [0.15, 0.2) is 24.3 Å². The Morgan fingerprint density at radius 1 is 1.47 bits per heavy atom. The maximum atomic E-state index is 12.0. The highest BCUT2D eigenvalue weighted by Gasteiger charge is 2.40. The van der Waals surface area contributed by atoms with Crippen LogP contribution in [0, 0.1) is 5.41 Å².